The summed E-state index contributed by atoms with van der Waals surface area (Å²) in [4.78, 5) is 16.8. The number of amides is 1. The lowest BCUT2D eigenvalue weighted by molar-refractivity contribution is 0.0917. The quantitative estimate of drug-likeness (QED) is 0.791. The van der Waals surface area contributed by atoms with Crippen LogP contribution in [0.5, 0.6) is 0 Å². The number of piperazine rings is 1. The minimum Gasteiger partial charge on any atom is -0.349 e. The summed E-state index contributed by atoms with van der Waals surface area (Å²) in [5.74, 6) is -0.105. The molecular formula is C19H30N4O3S. The molecule has 0 saturated carbocycles. The third-order valence-corrected chi connectivity index (χ3v) is 7.32. The van der Waals surface area contributed by atoms with E-state index in [2.05, 4.69) is 22.2 Å². The number of rotatable bonds is 5. The average molecular weight is 395 g/mol. The first-order valence-corrected chi connectivity index (χ1v) is 11.2. The highest BCUT2D eigenvalue weighted by molar-refractivity contribution is 7.88. The summed E-state index contributed by atoms with van der Waals surface area (Å²) in [6, 6.07) is 7.15. The Labute approximate surface area is 162 Å². The standard InChI is InChI=1S/C19H30N4O3S/c1-21-9-7-18(8-10-21)20-19(24)17-5-3-16(4-6-17)15-27(25,26)23-13-11-22(2)12-14-23/h3-6,18H,7-15H2,1-2H3,(H,20,24). The highest BCUT2D eigenvalue weighted by Crippen LogP contribution is 2.15. The lowest BCUT2D eigenvalue weighted by Gasteiger charge is -2.31. The molecule has 2 heterocycles. The van der Waals surface area contributed by atoms with Gasteiger partial charge in [0.2, 0.25) is 10.0 Å². The van der Waals surface area contributed by atoms with E-state index in [4.69, 9.17) is 0 Å². The molecule has 1 aromatic carbocycles. The van der Waals surface area contributed by atoms with E-state index < -0.39 is 10.0 Å². The van der Waals surface area contributed by atoms with Crippen LogP contribution in [0, 0.1) is 0 Å². The predicted octanol–water partition coefficient (Wildman–Crippen LogP) is 0.588. The molecule has 7 nitrogen and oxygen atoms in total. The van der Waals surface area contributed by atoms with Crippen molar-refractivity contribution in [3.8, 4) is 0 Å². The van der Waals surface area contributed by atoms with E-state index in [1.54, 1.807) is 28.6 Å². The number of nitrogens with zero attached hydrogens (tertiary/aromatic N) is 3. The van der Waals surface area contributed by atoms with Gasteiger partial charge in [0, 0.05) is 37.8 Å². The maximum Gasteiger partial charge on any atom is 0.251 e. The number of sulfonamides is 1. The molecule has 1 amide bonds. The number of piperidine rings is 1. The number of carbonyl (C=O) groups is 1. The van der Waals surface area contributed by atoms with Crippen LogP contribution >= 0.6 is 0 Å². The second kappa shape index (κ2) is 8.68. The molecule has 0 spiro atoms. The van der Waals surface area contributed by atoms with Gasteiger partial charge < -0.3 is 15.1 Å². The Bertz CT molecular complexity index is 735. The first-order chi connectivity index (χ1) is 12.8. The average Bonchev–Trinajstić information content (AvgIpc) is 2.64. The smallest absolute Gasteiger partial charge is 0.251 e. The van der Waals surface area contributed by atoms with E-state index in [1.807, 2.05) is 7.05 Å². The lowest BCUT2D eigenvalue weighted by Crippen LogP contribution is -2.47. The SMILES string of the molecule is CN1CCC(NC(=O)c2ccc(CS(=O)(=O)N3CCN(C)CC3)cc2)CC1. The molecule has 0 atom stereocenters. The fourth-order valence-electron chi connectivity index (χ4n) is 3.54. The molecule has 0 aromatic heterocycles. The Hall–Kier alpha value is -1.48. The van der Waals surface area contributed by atoms with E-state index >= 15 is 0 Å². The monoisotopic (exact) mass is 394 g/mol. The van der Waals surface area contributed by atoms with Crippen molar-refractivity contribution < 1.29 is 13.2 Å². The van der Waals surface area contributed by atoms with Crippen molar-refractivity contribution in [2.75, 3.05) is 53.4 Å². The first kappa shape index (κ1) is 20.3. The van der Waals surface area contributed by atoms with Gasteiger partial charge in [0.05, 0.1) is 5.75 Å². The Kier molecular flexibility index (Phi) is 6.52. The second-order valence-electron chi connectivity index (χ2n) is 7.71. The molecule has 8 heteroatoms. The summed E-state index contributed by atoms with van der Waals surface area (Å²) >= 11 is 0. The molecule has 150 valence electrons. The van der Waals surface area contributed by atoms with E-state index in [1.165, 1.54) is 0 Å². The fourth-order valence-corrected chi connectivity index (χ4v) is 5.06. The predicted molar refractivity (Wildman–Crippen MR) is 106 cm³/mol. The van der Waals surface area contributed by atoms with Gasteiger partial charge in [-0.3, -0.25) is 4.79 Å². The van der Waals surface area contributed by atoms with Crippen LogP contribution in [0.1, 0.15) is 28.8 Å². The first-order valence-electron chi connectivity index (χ1n) is 9.58. The molecular weight excluding hydrogens is 364 g/mol. The van der Waals surface area contributed by atoms with Crippen LogP contribution in [0.3, 0.4) is 0 Å². The Morgan fingerprint density at radius 2 is 1.52 bits per heavy atom. The van der Waals surface area contributed by atoms with Crippen LogP contribution in [0.2, 0.25) is 0 Å². The van der Waals surface area contributed by atoms with Crippen LogP contribution in [0.4, 0.5) is 0 Å². The fraction of sp³-hybridized carbons (Fsp3) is 0.632. The van der Waals surface area contributed by atoms with Gasteiger partial charge in [0.1, 0.15) is 0 Å². The number of benzene rings is 1. The van der Waals surface area contributed by atoms with Gasteiger partial charge in [-0.25, -0.2) is 8.42 Å². The van der Waals surface area contributed by atoms with Crippen molar-refractivity contribution in [1.82, 2.24) is 19.4 Å². The maximum absolute atomic E-state index is 12.6. The minimum absolute atomic E-state index is 0.0203. The van der Waals surface area contributed by atoms with Gasteiger partial charge >= 0.3 is 0 Å². The van der Waals surface area contributed by atoms with Crippen LogP contribution in [0.15, 0.2) is 24.3 Å². The van der Waals surface area contributed by atoms with Crippen molar-refractivity contribution >= 4 is 15.9 Å². The molecule has 0 radical (unpaired) electrons. The van der Waals surface area contributed by atoms with Crippen molar-refractivity contribution in [3.05, 3.63) is 35.4 Å². The normalized spacial score (nSPS) is 21.3. The maximum atomic E-state index is 12.6. The molecule has 2 aliphatic heterocycles. The number of hydrogen-bond donors (Lipinski definition) is 1. The van der Waals surface area contributed by atoms with E-state index in [0.717, 1.165) is 39.0 Å². The van der Waals surface area contributed by atoms with Gasteiger partial charge in [-0.15, -0.1) is 0 Å². The van der Waals surface area contributed by atoms with Crippen LogP contribution < -0.4 is 5.32 Å². The highest BCUT2D eigenvalue weighted by Gasteiger charge is 2.26. The third-order valence-electron chi connectivity index (χ3n) is 5.47. The molecule has 2 saturated heterocycles. The zero-order valence-electron chi connectivity index (χ0n) is 16.2. The molecule has 2 fully saturated rings. The van der Waals surface area contributed by atoms with Gasteiger partial charge in [-0.1, -0.05) is 12.1 Å². The molecule has 0 unspecified atom stereocenters. The Balaban J connectivity index is 1.56. The number of nitrogens with one attached hydrogen (secondary N) is 1. The largest absolute Gasteiger partial charge is 0.349 e. The van der Waals surface area contributed by atoms with Gasteiger partial charge in [0.25, 0.3) is 5.91 Å². The molecule has 0 aliphatic carbocycles. The number of likely N-dealkylation sites (tertiary alicyclic amines) is 1. The van der Waals surface area contributed by atoms with E-state index in [-0.39, 0.29) is 17.7 Å². The van der Waals surface area contributed by atoms with Crippen molar-refractivity contribution in [1.29, 1.82) is 0 Å². The van der Waals surface area contributed by atoms with Crippen molar-refractivity contribution in [2.45, 2.75) is 24.6 Å². The van der Waals surface area contributed by atoms with E-state index in [0.29, 0.717) is 24.2 Å². The number of likely N-dealkylation sites (N-methyl/N-ethyl adjacent to an activating group) is 1. The van der Waals surface area contributed by atoms with Crippen LogP contribution in [0.25, 0.3) is 0 Å². The van der Waals surface area contributed by atoms with Crippen molar-refractivity contribution in [2.24, 2.45) is 0 Å². The molecule has 0 bridgehead atoms. The topological polar surface area (TPSA) is 73.0 Å². The van der Waals surface area contributed by atoms with Gasteiger partial charge in [-0.2, -0.15) is 4.31 Å². The van der Waals surface area contributed by atoms with Gasteiger partial charge in [0.15, 0.2) is 0 Å². The zero-order chi connectivity index (χ0) is 19.4. The van der Waals surface area contributed by atoms with E-state index in [9.17, 15) is 13.2 Å². The lowest BCUT2D eigenvalue weighted by atomic mass is 10.0. The van der Waals surface area contributed by atoms with Crippen LogP contribution in [-0.2, 0) is 15.8 Å². The summed E-state index contributed by atoms with van der Waals surface area (Å²) in [5, 5.41) is 3.08. The number of carbonyl (C=O) groups excluding carboxylic acids is 1. The molecule has 3 rings (SSSR count). The highest BCUT2D eigenvalue weighted by atomic mass is 32.2. The number of hydrogen-bond acceptors (Lipinski definition) is 5. The second-order valence-corrected chi connectivity index (χ2v) is 9.68. The Morgan fingerprint density at radius 3 is 2.11 bits per heavy atom. The minimum atomic E-state index is -3.32. The summed E-state index contributed by atoms with van der Waals surface area (Å²) in [7, 11) is 0.770. The molecule has 27 heavy (non-hydrogen) atoms. The summed E-state index contributed by atoms with van der Waals surface area (Å²) < 4.78 is 26.8. The van der Waals surface area contributed by atoms with Crippen LogP contribution in [-0.4, -0.2) is 87.8 Å². The summed E-state index contributed by atoms with van der Waals surface area (Å²) in [6.45, 7) is 4.58. The summed E-state index contributed by atoms with van der Waals surface area (Å²) in [5.41, 5.74) is 1.29. The zero-order valence-corrected chi connectivity index (χ0v) is 17.0. The molecule has 2 aliphatic rings. The van der Waals surface area contributed by atoms with Crippen molar-refractivity contribution in [3.63, 3.8) is 0 Å². The Morgan fingerprint density at radius 1 is 0.963 bits per heavy atom. The van der Waals surface area contributed by atoms with Gasteiger partial charge in [-0.05, 0) is 57.7 Å². The molecule has 1 aromatic rings. The summed E-state index contributed by atoms with van der Waals surface area (Å²) in [6.07, 6.45) is 1.92. The molecule has 1 N–H and O–H groups in total. The third kappa shape index (κ3) is 5.51.